The molecule has 1 rings (SSSR count). The van der Waals surface area contributed by atoms with Crippen LogP contribution in [0, 0.1) is 5.82 Å². The van der Waals surface area contributed by atoms with E-state index in [0.29, 0.717) is 5.56 Å². The lowest BCUT2D eigenvalue weighted by atomic mass is 10.1. The average molecular weight is 233 g/mol. The SMILES string of the molecule is COCc1cc(Cl)c(F)c(CC(=O)O)c1. The molecule has 0 radical (unpaired) electrons. The van der Waals surface area contributed by atoms with Crippen LogP contribution in [0.5, 0.6) is 0 Å². The monoisotopic (exact) mass is 232 g/mol. The summed E-state index contributed by atoms with van der Waals surface area (Å²) in [6.07, 6.45) is -0.386. The summed E-state index contributed by atoms with van der Waals surface area (Å²) in [5.74, 6) is -1.78. The van der Waals surface area contributed by atoms with Crippen LogP contribution in [0.15, 0.2) is 12.1 Å². The van der Waals surface area contributed by atoms with Crippen molar-refractivity contribution in [2.24, 2.45) is 0 Å². The highest BCUT2D eigenvalue weighted by Gasteiger charge is 2.12. The summed E-state index contributed by atoms with van der Waals surface area (Å²) in [6, 6.07) is 2.87. The van der Waals surface area contributed by atoms with Crippen molar-refractivity contribution in [1.82, 2.24) is 0 Å². The van der Waals surface area contributed by atoms with Crippen molar-refractivity contribution in [3.05, 3.63) is 34.1 Å². The molecule has 0 fully saturated rings. The Morgan fingerprint density at radius 1 is 1.60 bits per heavy atom. The Labute approximate surface area is 91.4 Å². The van der Waals surface area contributed by atoms with Gasteiger partial charge in [0.15, 0.2) is 0 Å². The molecule has 0 saturated carbocycles. The van der Waals surface area contributed by atoms with Crippen molar-refractivity contribution < 1.29 is 19.0 Å². The summed E-state index contributed by atoms with van der Waals surface area (Å²) in [7, 11) is 1.49. The van der Waals surface area contributed by atoms with Crippen molar-refractivity contribution in [3.8, 4) is 0 Å². The molecule has 0 spiro atoms. The number of hydrogen-bond donors (Lipinski definition) is 1. The number of rotatable bonds is 4. The van der Waals surface area contributed by atoms with Gasteiger partial charge in [0.05, 0.1) is 18.1 Å². The number of halogens is 2. The van der Waals surface area contributed by atoms with Gasteiger partial charge >= 0.3 is 5.97 Å². The summed E-state index contributed by atoms with van der Waals surface area (Å²) >= 11 is 5.61. The Hall–Kier alpha value is -1.13. The van der Waals surface area contributed by atoms with Gasteiger partial charge in [0, 0.05) is 12.7 Å². The maximum Gasteiger partial charge on any atom is 0.307 e. The molecular weight excluding hydrogens is 223 g/mol. The first-order chi connectivity index (χ1) is 7.04. The third kappa shape index (κ3) is 3.18. The van der Waals surface area contributed by atoms with Crippen LogP contribution in [-0.4, -0.2) is 18.2 Å². The minimum atomic E-state index is -1.10. The number of carboxylic acid groups (broad SMARTS) is 1. The van der Waals surface area contributed by atoms with Crippen LogP contribution in [0.3, 0.4) is 0 Å². The predicted molar refractivity (Wildman–Crippen MR) is 53.5 cm³/mol. The quantitative estimate of drug-likeness (QED) is 0.866. The molecule has 0 saturated heterocycles. The molecule has 1 aromatic rings. The van der Waals surface area contributed by atoms with E-state index in [1.54, 1.807) is 0 Å². The van der Waals surface area contributed by atoms with E-state index < -0.39 is 11.8 Å². The second kappa shape index (κ2) is 5.09. The molecule has 3 nitrogen and oxygen atoms in total. The first kappa shape index (κ1) is 11.9. The highest BCUT2D eigenvalue weighted by molar-refractivity contribution is 6.30. The number of benzene rings is 1. The molecule has 1 aromatic carbocycles. The molecule has 15 heavy (non-hydrogen) atoms. The molecule has 5 heteroatoms. The normalized spacial score (nSPS) is 10.3. The molecular formula is C10H10ClFO3. The molecule has 0 aromatic heterocycles. The molecule has 0 aliphatic heterocycles. The summed E-state index contributed by atoms with van der Waals surface area (Å²) in [5, 5.41) is 8.48. The topological polar surface area (TPSA) is 46.5 Å². The lowest BCUT2D eigenvalue weighted by Crippen LogP contribution is -2.04. The molecule has 0 unspecified atom stereocenters. The van der Waals surface area contributed by atoms with Crippen molar-refractivity contribution in [1.29, 1.82) is 0 Å². The fourth-order valence-electron chi connectivity index (χ4n) is 1.25. The molecule has 0 heterocycles. The van der Waals surface area contributed by atoms with Gasteiger partial charge < -0.3 is 9.84 Å². The summed E-state index contributed by atoms with van der Waals surface area (Å²) in [6.45, 7) is 0.270. The Bertz CT molecular complexity index is 379. The molecule has 1 N–H and O–H groups in total. The van der Waals surface area contributed by atoms with Crippen LogP contribution in [-0.2, 0) is 22.6 Å². The minimum Gasteiger partial charge on any atom is -0.481 e. The lowest BCUT2D eigenvalue weighted by Gasteiger charge is -2.06. The standard InChI is InChI=1S/C10H10ClFO3/c1-15-5-6-2-7(4-9(13)14)10(12)8(11)3-6/h2-3H,4-5H2,1H3,(H,13,14). The van der Waals surface area contributed by atoms with Crippen LogP contribution in [0.25, 0.3) is 0 Å². The number of aliphatic carboxylic acids is 1. The number of carbonyl (C=O) groups is 1. The zero-order valence-corrected chi connectivity index (χ0v) is 8.84. The van der Waals surface area contributed by atoms with Gasteiger partial charge in [0.1, 0.15) is 5.82 Å². The van der Waals surface area contributed by atoms with E-state index >= 15 is 0 Å². The third-order valence-electron chi connectivity index (χ3n) is 1.82. The third-order valence-corrected chi connectivity index (χ3v) is 2.09. The summed E-state index contributed by atoms with van der Waals surface area (Å²) < 4.78 is 18.2. The van der Waals surface area contributed by atoms with Gasteiger partial charge in [0.2, 0.25) is 0 Å². The zero-order valence-electron chi connectivity index (χ0n) is 8.09. The fourth-order valence-corrected chi connectivity index (χ4v) is 1.51. The first-order valence-corrected chi connectivity index (χ1v) is 4.60. The van der Waals surface area contributed by atoms with Crippen LogP contribution < -0.4 is 0 Å². The van der Waals surface area contributed by atoms with E-state index in [1.165, 1.54) is 19.2 Å². The number of hydrogen-bond acceptors (Lipinski definition) is 2. The molecule has 82 valence electrons. The number of carboxylic acids is 1. The Morgan fingerprint density at radius 3 is 2.80 bits per heavy atom. The fraction of sp³-hybridized carbons (Fsp3) is 0.300. The highest BCUT2D eigenvalue weighted by Crippen LogP contribution is 2.21. The Morgan fingerprint density at radius 2 is 2.27 bits per heavy atom. The first-order valence-electron chi connectivity index (χ1n) is 4.22. The second-order valence-electron chi connectivity index (χ2n) is 3.05. The van der Waals surface area contributed by atoms with Gasteiger partial charge in [-0.3, -0.25) is 4.79 Å². The van der Waals surface area contributed by atoms with Gasteiger partial charge in [-0.15, -0.1) is 0 Å². The van der Waals surface area contributed by atoms with E-state index in [0.717, 1.165) is 0 Å². The largest absolute Gasteiger partial charge is 0.481 e. The maximum absolute atomic E-state index is 13.3. The van der Waals surface area contributed by atoms with Gasteiger partial charge in [-0.1, -0.05) is 11.6 Å². The zero-order chi connectivity index (χ0) is 11.4. The maximum atomic E-state index is 13.3. The van der Waals surface area contributed by atoms with E-state index in [4.69, 9.17) is 21.4 Å². The second-order valence-corrected chi connectivity index (χ2v) is 3.46. The van der Waals surface area contributed by atoms with Crippen LogP contribution in [0.2, 0.25) is 5.02 Å². The Kier molecular flexibility index (Phi) is 4.05. The van der Waals surface area contributed by atoms with Crippen molar-refractivity contribution in [3.63, 3.8) is 0 Å². The summed E-state index contributed by atoms with van der Waals surface area (Å²) in [5.41, 5.74) is 0.724. The predicted octanol–water partition coefficient (Wildman–Crippen LogP) is 2.25. The van der Waals surface area contributed by atoms with Crippen LogP contribution >= 0.6 is 11.6 Å². The van der Waals surface area contributed by atoms with E-state index in [-0.39, 0.29) is 23.6 Å². The molecule has 0 atom stereocenters. The molecule has 0 bridgehead atoms. The van der Waals surface area contributed by atoms with Gasteiger partial charge in [-0.25, -0.2) is 4.39 Å². The van der Waals surface area contributed by atoms with E-state index in [9.17, 15) is 9.18 Å². The molecule has 0 aliphatic carbocycles. The Balaban J connectivity index is 3.06. The van der Waals surface area contributed by atoms with Gasteiger partial charge in [0.25, 0.3) is 0 Å². The van der Waals surface area contributed by atoms with E-state index in [2.05, 4.69) is 0 Å². The van der Waals surface area contributed by atoms with Crippen molar-refractivity contribution >= 4 is 17.6 Å². The molecule has 0 amide bonds. The lowest BCUT2D eigenvalue weighted by molar-refractivity contribution is -0.136. The van der Waals surface area contributed by atoms with Gasteiger partial charge in [-0.2, -0.15) is 0 Å². The summed E-state index contributed by atoms with van der Waals surface area (Å²) in [4.78, 5) is 10.5. The van der Waals surface area contributed by atoms with Crippen molar-refractivity contribution in [2.45, 2.75) is 13.0 Å². The highest BCUT2D eigenvalue weighted by atomic mass is 35.5. The van der Waals surface area contributed by atoms with Crippen LogP contribution in [0.4, 0.5) is 4.39 Å². The number of methoxy groups -OCH3 is 1. The van der Waals surface area contributed by atoms with Gasteiger partial charge in [-0.05, 0) is 17.7 Å². The van der Waals surface area contributed by atoms with E-state index in [1.807, 2.05) is 0 Å². The molecule has 0 aliphatic rings. The average Bonchev–Trinajstić information content (AvgIpc) is 2.13. The smallest absolute Gasteiger partial charge is 0.307 e. The number of ether oxygens (including phenoxy) is 1. The van der Waals surface area contributed by atoms with Crippen LogP contribution in [0.1, 0.15) is 11.1 Å². The van der Waals surface area contributed by atoms with Crippen molar-refractivity contribution in [2.75, 3.05) is 7.11 Å². The minimum absolute atomic E-state index is 0.0713.